The van der Waals surface area contributed by atoms with Crippen LogP contribution in [0.2, 0.25) is 0 Å². The Kier molecular flexibility index (Phi) is 5.18. The van der Waals surface area contributed by atoms with Crippen molar-refractivity contribution in [1.82, 2.24) is 0 Å². The maximum Gasteiger partial charge on any atom is 0.419 e. The van der Waals surface area contributed by atoms with Crippen LogP contribution in [0.15, 0.2) is 18.2 Å². The summed E-state index contributed by atoms with van der Waals surface area (Å²) in [5.74, 6) is -1.27. The fourth-order valence-corrected chi connectivity index (χ4v) is 1.83. The maximum atomic E-state index is 13.2. The van der Waals surface area contributed by atoms with Crippen LogP contribution in [0.1, 0.15) is 24.0 Å². The van der Waals surface area contributed by atoms with Crippen molar-refractivity contribution in [3.8, 4) is 0 Å². The van der Waals surface area contributed by atoms with Gasteiger partial charge in [0.1, 0.15) is 5.82 Å². The average Bonchev–Trinajstić information content (AvgIpc) is 2.21. The van der Waals surface area contributed by atoms with Gasteiger partial charge < -0.3 is 10.5 Å². The molecule has 7 heteroatoms. The Balaban J connectivity index is 0.00000180. The van der Waals surface area contributed by atoms with Gasteiger partial charge in [0.15, 0.2) is 0 Å². The molecule has 0 aliphatic heterocycles. The van der Waals surface area contributed by atoms with Crippen molar-refractivity contribution < 1.29 is 22.3 Å². The SMILES string of the molecule is Cl.NC1CC(OCc2ccc(C(F)(F)F)c(F)c2)C1. The van der Waals surface area contributed by atoms with Crippen molar-refractivity contribution in [2.75, 3.05) is 0 Å². The molecular weight excluding hydrogens is 286 g/mol. The maximum absolute atomic E-state index is 13.2. The summed E-state index contributed by atoms with van der Waals surface area (Å²) in [6.07, 6.45) is -3.15. The van der Waals surface area contributed by atoms with Crippen LogP contribution < -0.4 is 5.73 Å². The Morgan fingerprint density at radius 2 is 1.89 bits per heavy atom. The fourth-order valence-electron chi connectivity index (χ4n) is 1.83. The van der Waals surface area contributed by atoms with Gasteiger partial charge in [-0.3, -0.25) is 0 Å². The zero-order valence-corrected chi connectivity index (χ0v) is 10.7. The molecule has 1 saturated carbocycles. The molecule has 0 radical (unpaired) electrons. The van der Waals surface area contributed by atoms with Gasteiger partial charge in [-0.05, 0) is 30.5 Å². The van der Waals surface area contributed by atoms with E-state index in [1.807, 2.05) is 0 Å². The second-order valence-corrected chi connectivity index (χ2v) is 4.48. The molecule has 0 aromatic heterocycles. The summed E-state index contributed by atoms with van der Waals surface area (Å²) in [7, 11) is 0. The van der Waals surface area contributed by atoms with Crippen molar-refractivity contribution in [3.63, 3.8) is 0 Å². The summed E-state index contributed by atoms with van der Waals surface area (Å²) in [6, 6.07) is 2.96. The number of alkyl halides is 3. The van der Waals surface area contributed by atoms with E-state index in [9.17, 15) is 17.6 Å². The zero-order chi connectivity index (χ0) is 13.3. The highest BCUT2D eigenvalue weighted by molar-refractivity contribution is 5.85. The zero-order valence-electron chi connectivity index (χ0n) is 9.91. The van der Waals surface area contributed by atoms with Crippen molar-refractivity contribution in [2.45, 2.75) is 37.8 Å². The van der Waals surface area contributed by atoms with Gasteiger partial charge in [0.2, 0.25) is 0 Å². The Hall–Kier alpha value is -0.850. The van der Waals surface area contributed by atoms with Crippen LogP contribution >= 0.6 is 12.4 Å². The lowest BCUT2D eigenvalue weighted by molar-refractivity contribution is -0.140. The first-order chi connectivity index (χ1) is 8.36. The van der Waals surface area contributed by atoms with E-state index in [0.717, 1.165) is 25.0 Å². The lowest BCUT2D eigenvalue weighted by Crippen LogP contribution is -2.41. The van der Waals surface area contributed by atoms with E-state index in [4.69, 9.17) is 10.5 Å². The molecular formula is C12H14ClF4NO. The van der Waals surface area contributed by atoms with E-state index in [2.05, 4.69) is 0 Å². The molecule has 2 N–H and O–H groups in total. The van der Waals surface area contributed by atoms with Crippen LogP contribution in [0.4, 0.5) is 17.6 Å². The number of ether oxygens (including phenoxy) is 1. The van der Waals surface area contributed by atoms with Gasteiger partial charge >= 0.3 is 6.18 Å². The molecule has 0 unspecified atom stereocenters. The molecule has 0 bridgehead atoms. The molecule has 2 rings (SSSR count). The lowest BCUT2D eigenvalue weighted by Gasteiger charge is -2.32. The predicted octanol–water partition coefficient (Wildman–Crippen LogP) is 3.27. The summed E-state index contributed by atoms with van der Waals surface area (Å²) >= 11 is 0. The molecule has 19 heavy (non-hydrogen) atoms. The normalized spacial score (nSPS) is 22.6. The number of nitrogens with two attached hydrogens (primary N) is 1. The Labute approximate surface area is 114 Å². The van der Waals surface area contributed by atoms with Crippen molar-refractivity contribution in [3.05, 3.63) is 35.1 Å². The topological polar surface area (TPSA) is 35.2 Å². The van der Waals surface area contributed by atoms with Gasteiger partial charge in [-0.1, -0.05) is 6.07 Å². The van der Waals surface area contributed by atoms with Gasteiger partial charge in [0, 0.05) is 6.04 Å². The molecule has 0 atom stereocenters. The third kappa shape index (κ3) is 4.06. The molecule has 1 aromatic rings. The molecule has 0 saturated heterocycles. The number of hydrogen-bond acceptors (Lipinski definition) is 2. The number of rotatable bonds is 3. The summed E-state index contributed by atoms with van der Waals surface area (Å²) in [6.45, 7) is 0.104. The largest absolute Gasteiger partial charge is 0.419 e. The highest BCUT2D eigenvalue weighted by atomic mass is 35.5. The van der Waals surface area contributed by atoms with Crippen molar-refractivity contribution in [1.29, 1.82) is 0 Å². The number of halogens is 5. The summed E-state index contributed by atoms with van der Waals surface area (Å²) < 4.78 is 55.6. The fraction of sp³-hybridized carbons (Fsp3) is 0.500. The predicted molar refractivity (Wildman–Crippen MR) is 64.4 cm³/mol. The number of benzene rings is 1. The average molecular weight is 300 g/mol. The molecule has 108 valence electrons. The van der Waals surface area contributed by atoms with Gasteiger partial charge in [-0.15, -0.1) is 12.4 Å². The van der Waals surface area contributed by atoms with E-state index in [1.54, 1.807) is 0 Å². The first kappa shape index (κ1) is 16.2. The molecule has 0 heterocycles. The van der Waals surface area contributed by atoms with E-state index >= 15 is 0 Å². The van der Waals surface area contributed by atoms with Gasteiger partial charge in [0.25, 0.3) is 0 Å². The van der Waals surface area contributed by atoms with Crippen molar-refractivity contribution >= 4 is 12.4 Å². The lowest BCUT2D eigenvalue weighted by atomic mass is 9.90. The third-order valence-electron chi connectivity index (χ3n) is 2.96. The second kappa shape index (κ2) is 6.07. The highest BCUT2D eigenvalue weighted by Crippen LogP contribution is 2.32. The monoisotopic (exact) mass is 299 g/mol. The third-order valence-corrected chi connectivity index (χ3v) is 2.96. The summed E-state index contributed by atoms with van der Waals surface area (Å²) in [5, 5.41) is 0. The quantitative estimate of drug-likeness (QED) is 0.869. The van der Waals surface area contributed by atoms with Crippen LogP contribution in [0.5, 0.6) is 0 Å². The Morgan fingerprint density at radius 3 is 2.37 bits per heavy atom. The minimum absolute atomic E-state index is 0. The molecule has 2 nitrogen and oxygen atoms in total. The van der Waals surface area contributed by atoms with Crippen LogP contribution in [-0.4, -0.2) is 12.1 Å². The van der Waals surface area contributed by atoms with Crippen molar-refractivity contribution in [2.24, 2.45) is 5.73 Å². The van der Waals surface area contributed by atoms with Crippen LogP contribution in [0, 0.1) is 5.82 Å². The van der Waals surface area contributed by atoms with E-state index in [-0.39, 0.29) is 31.2 Å². The van der Waals surface area contributed by atoms with Crippen LogP contribution in [0.3, 0.4) is 0 Å². The first-order valence-electron chi connectivity index (χ1n) is 5.59. The molecule has 1 fully saturated rings. The van der Waals surface area contributed by atoms with Gasteiger partial charge in [0.05, 0.1) is 18.3 Å². The van der Waals surface area contributed by atoms with E-state index in [1.165, 1.54) is 6.07 Å². The molecule has 1 aromatic carbocycles. The molecule has 1 aliphatic carbocycles. The molecule has 1 aliphatic rings. The first-order valence-corrected chi connectivity index (χ1v) is 5.59. The molecule has 0 spiro atoms. The van der Waals surface area contributed by atoms with Crippen LogP contribution in [0.25, 0.3) is 0 Å². The Bertz CT molecular complexity index is 432. The standard InChI is InChI=1S/C12H13F4NO.ClH/c13-11-3-7(1-2-10(11)12(14,15)16)6-18-9-4-8(17)5-9;/h1-3,8-9H,4-6,17H2;1H. The number of hydrogen-bond donors (Lipinski definition) is 1. The summed E-state index contributed by atoms with van der Waals surface area (Å²) in [4.78, 5) is 0. The minimum atomic E-state index is -4.66. The van der Waals surface area contributed by atoms with E-state index < -0.39 is 17.6 Å². The van der Waals surface area contributed by atoms with Gasteiger partial charge in [-0.2, -0.15) is 13.2 Å². The van der Waals surface area contributed by atoms with Gasteiger partial charge in [-0.25, -0.2) is 4.39 Å². The highest BCUT2D eigenvalue weighted by Gasteiger charge is 2.34. The smallest absolute Gasteiger partial charge is 0.373 e. The second-order valence-electron chi connectivity index (χ2n) is 4.48. The van der Waals surface area contributed by atoms with E-state index in [0.29, 0.717) is 5.56 Å². The molecule has 0 amide bonds. The Morgan fingerprint density at radius 1 is 1.26 bits per heavy atom. The minimum Gasteiger partial charge on any atom is -0.373 e. The van der Waals surface area contributed by atoms with Crippen LogP contribution in [-0.2, 0) is 17.5 Å². The summed E-state index contributed by atoms with van der Waals surface area (Å²) in [5.41, 5.74) is 4.70.